The van der Waals surface area contributed by atoms with Crippen LogP contribution in [0.25, 0.3) is 0 Å². The van der Waals surface area contributed by atoms with E-state index in [0.29, 0.717) is 5.92 Å². The van der Waals surface area contributed by atoms with E-state index in [0.717, 1.165) is 12.8 Å². The molecule has 0 heterocycles. The minimum atomic E-state index is 0.184. The molecule has 0 radical (unpaired) electrons. The van der Waals surface area contributed by atoms with Crippen LogP contribution in [0.2, 0.25) is 0 Å². The molecule has 0 bridgehead atoms. The van der Waals surface area contributed by atoms with E-state index in [2.05, 4.69) is 30.3 Å². The van der Waals surface area contributed by atoms with E-state index in [1.165, 1.54) is 24.0 Å². The average molecular weight is 214 g/mol. The van der Waals surface area contributed by atoms with Crippen molar-refractivity contribution < 1.29 is 4.79 Å². The van der Waals surface area contributed by atoms with E-state index in [-0.39, 0.29) is 5.78 Å². The fraction of sp³-hybridized carbons (Fsp3) is 0.400. The Hall–Kier alpha value is -1.37. The fourth-order valence-electron chi connectivity index (χ4n) is 2.52. The van der Waals surface area contributed by atoms with Crippen LogP contribution < -0.4 is 0 Å². The molecule has 0 aromatic heterocycles. The molecule has 1 unspecified atom stereocenters. The van der Waals surface area contributed by atoms with E-state index in [1.807, 2.05) is 6.08 Å². The highest BCUT2D eigenvalue weighted by Gasteiger charge is 2.18. The molecule has 1 aliphatic rings. The van der Waals surface area contributed by atoms with Crippen LogP contribution in [0.15, 0.2) is 42.0 Å². The second-order valence-electron chi connectivity index (χ2n) is 4.62. The van der Waals surface area contributed by atoms with Crippen LogP contribution in [0.3, 0.4) is 0 Å². The highest BCUT2D eigenvalue weighted by Crippen LogP contribution is 2.35. The topological polar surface area (TPSA) is 17.1 Å². The third-order valence-electron chi connectivity index (χ3n) is 3.24. The smallest absolute Gasteiger partial charge is 0.152 e. The molecule has 84 valence electrons. The molecule has 1 fully saturated rings. The van der Waals surface area contributed by atoms with Crippen LogP contribution >= 0.6 is 0 Å². The maximum absolute atomic E-state index is 11.1. The molecule has 2 rings (SSSR count). The summed E-state index contributed by atoms with van der Waals surface area (Å²) in [7, 11) is 0. The standard InChI is InChI=1S/C15H18O/c1-12(16)10-13-6-5-9-15(11-13)14-7-3-2-4-8-14/h2-4,7-8,10,15H,5-6,9,11H2,1H3. The van der Waals surface area contributed by atoms with Crippen LogP contribution in [0.1, 0.15) is 44.1 Å². The summed E-state index contributed by atoms with van der Waals surface area (Å²) in [5, 5.41) is 0. The monoisotopic (exact) mass is 214 g/mol. The summed E-state index contributed by atoms with van der Waals surface area (Å²) in [5.74, 6) is 0.796. The molecule has 16 heavy (non-hydrogen) atoms. The summed E-state index contributed by atoms with van der Waals surface area (Å²) < 4.78 is 0. The maximum Gasteiger partial charge on any atom is 0.152 e. The highest BCUT2D eigenvalue weighted by atomic mass is 16.1. The summed E-state index contributed by atoms with van der Waals surface area (Å²) >= 11 is 0. The summed E-state index contributed by atoms with van der Waals surface area (Å²) in [6.07, 6.45) is 6.44. The van der Waals surface area contributed by atoms with Crippen LogP contribution in [-0.2, 0) is 4.79 Å². The van der Waals surface area contributed by atoms with Crippen LogP contribution in [0.4, 0.5) is 0 Å². The van der Waals surface area contributed by atoms with Crippen LogP contribution in [0.5, 0.6) is 0 Å². The van der Waals surface area contributed by atoms with Crippen molar-refractivity contribution in [3.05, 3.63) is 47.5 Å². The summed E-state index contributed by atoms with van der Waals surface area (Å²) in [5.41, 5.74) is 2.74. The van der Waals surface area contributed by atoms with Crippen molar-refractivity contribution in [2.24, 2.45) is 0 Å². The second kappa shape index (κ2) is 5.11. The summed E-state index contributed by atoms with van der Waals surface area (Å²) in [6.45, 7) is 1.64. The van der Waals surface area contributed by atoms with Gasteiger partial charge < -0.3 is 0 Å². The molecule has 1 aromatic carbocycles. The molecule has 0 spiro atoms. The number of allylic oxidation sites excluding steroid dienone is 2. The molecule has 1 saturated carbocycles. The van der Waals surface area contributed by atoms with Gasteiger partial charge in [-0.25, -0.2) is 0 Å². The van der Waals surface area contributed by atoms with Crippen molar-refractivity contribution in [2.75, 3.05) is 0 Å². The zero-order valence-electron chi connectivity index (χ0n) is 9.78. The van der Waals surface area contributed by atoms with Gasteiger partial charge in [-0.3, -0.25) is 4.79 Å². The molecule has 0 saturated heterocycles. The molecule has 1 aliphatic carbocycles. The highest BCUT2D eigenvalue weighted by molar-refractivity contribution is 5.87. The van der Waals surface area contributed by atoms with E-state index in [4.69, 9.17) is 0 Å². The zero-order valence-corrected chi connectivity index (χ0v) is 9.78. The van der Waals surface area contributed by atoms with Crippen molar-refractivity contribution in [1.29, 1.82) is 0 Å². The molecule has 0 amide bonds. The normalized spacial score (nSPS) is 23.3. The lowest BCUT2D eigenvalue weighted by Gasteiger charge is -2.24. The first kappa shape index (κ1) is 11.1. The lowest BCUT2D eigenvalue weighted by molar-refractivity contribution is -0.112. The Morgan fingerprint density at radius 1 is 1.31 bits per heavy atom. The Bertz CT molecular complexity index is 389. The van der Waals surface area contributed by atoms with Gasteiger partial charge in [0.2, 0.25) is 0 Å². The van der Waals surface area contributed by atoms with Gasteiger partial charge in [-0.1, -0.05) is 35.9 Å². The van der Waals surface area contributed by atoms with Crippen molar-refractivity contribution in [3.8, 4) is 0 Å². The molecule has 1 aromatic rings. The number of hydrogen-bond donors (Lipinski definition) is 0. The quantitative estimate of drug-likeness (QED) is 0.683. The number of benzene rings is 1. The van der Waals surface area contributed by atoms with Gasteiger partial charge in [0.25, 0.3) is 0 Å². The first-order valence-corrected chi connectivity index (χ1v) is 6.00. The van der Waals surface area contributed by atoms with Crippen molar-refractivity contribution in [1.82, 2.24) is 0 Å². The maximum atomic E-state index is 11.1. The molecule has 1 nitrogen and oxygen atoms in total. The number of carbonyl (C=O) groups excluding carboxylic acids is 1. The number of carbonyl (C=O) groups is 1. The van der Waals surface area contributed by atoms with E-state index >= 15 is 0 Å². The van der Waals surface area contributed by atoms with Gasteiger partial charge in [0.05, 0.1) is 0 Å². The van der Waals surface area contributed by atoms with Gasteiger partial charge in [0.15, 0.2) is 5.78 Å². The summed E-state index contributed by atoms with van der Waals surface area (Å²) in [4.78, 5) is 11.1. The fourth-order valence-corrected chi connectivity index (χ4v) is 2.52. The minimum absolute atomic E-state index is 0.184. The van der Waals surface area contributed by atoms with Crippen LogP contribution in [0, 0.1) is 0 Å². The Kier molecular flexibility index (Phi) is 3.55. The lowest BCUT2D eigenvalue weighted by Crippen LogP contribution is -2.07. The largest absolute Gasteiger partial charge is 0.295 e. The predicted molar refractivity (Wildman–Crippen MR) is 66.4 cm³/mol. The molecular weight excluding hydrogens is 196 g/mol. The molecule has 1 atom stereocenters. The Balaban J connectivity index is 2.11. The Morgan fingerprint density at radius 3 is 2.75 bits per heavy atom. The molecule has 0 N–H and O–H groups in total. The minimum Gasteiger partial charge on any atom is -0.295 e. The van der Waals surface area contributed by atoms with Crippen molar-refractivity contribution >= 4 is 5.78 Å². The van der Waals surface area contributed by atoms with Crippen LogP contribution in [-0.4, -0.2) is 5.78 Å². The van der Waals surface area contributed by atoms with E-state index in [9.17, 15) is 4.79 Å². The predicted octanol–water partition coefficient (Wildman–Crippen LogP) is 3.86. The summed E-state index contributed by atoms with van der Waals surface area (Å²) in [6, 6.07) is 10.6. The molecule has 0 aliphatic heterocycles. The lowest BCUT2D eigenvalue weighted by atomic mass is 9.81. The van der Waals surface area contributed by atoms with Gasteiger partial charge in [-0.15, -0.1) is 0 Å². The number of ketones is 1. The van der Waals surface area contributed by atoms with Gasteiger partial charge in [0.1, 0.15) is 0 Å². The van der Waals surface area contributed by atoms with Gasteiger partial charge in [0, 0.05) is 0 Å². The van der Waals surface area contributed by atoms with E-state index < -0.39 is 0 Å². The van der Waals surface area contributed by atoms with Gasteiger partial charge in [-0.2, -0.15) is 0 Å². The number of hydrogen-bond acceptors (Lipinski definition) is 1. The van der Waals surface area contributed by atoms with Gasteiger partial charge in [-0.05, 0) is 50.2 Å². The Labute approximate surface area is 97.2 Å². The SMILES string of the molecule is CC(=O)C=C1CCCC(c2ccccc2)C1. The first-order chi connectivity index (χ1) is 7.75. The zero-order chi connectivity index (χ0) is 11.4. The Morgan fingerprint density at radius 2 is 2.06 bits per heavy atom. The second-order valence-corrected chi connectivity index (χ2v) is 4.62. The third-order valence-corrected chi connectivity index (χ3v) is 3.24. The van der Waals surface area contributed by atoms with Crippen molar-refractivity contribution in [2.45, 2.75) is 38.5 Å². The molecular formula is C15H18O. The molecule has 1 heteroatoms. The van der Waals surface area contributed by atoms with Crippen molar-refractivity contribution in [3.63, 3.8) is 0 Å². The van der Waals surface area contributed by atoms with Gasteiger partial charge >= 0.3 is 0 Å². The average Bonchev–Trinajstić information content (AvgIpc) is 2.30. The van der Waals surface area contributed by atoms with E-state index in [1.54, 1.807) is 6.92 Å². The first-order valence-electron chi connectivity index (χ1n) is 6.00. The number of rotatable bonds is 2. The third kappa shape index (κ3) is 2.82.